The van der Waals surface area contributed by atoms with Crippen LogP contribution in [0, 0.1) is 0 Å². The summed E-state index contributed by atoms with van der Waals surface area (Å²) in [4.78, 5) is 15.8. The molecule has 0 spiro atoms. The molecule has 4 nitrogen and oxygen atoms in total. The van der Waals surface area contributed by atoms with E-state index >= 15 is 0 Å². The zero-order valence-electron chi connectivity index (χ0n) is 18.2. The van der Waals surface area contributed by atoms with Crippen LogP contribution in [-0.4, -0.2) is 32.1 Å². The minimum Gasteiger partial charge on any atom is -0.480 e. The van der Waals surface area contributed by atoms with E-state index in [0.717, 1.165) is 36.5 Å². The first kappa shape index (κ1) is 22.2. The van der Waals surface area contributed by atoms with Crippen LogP contribution in [0.5, 0.6) is 5.75 Å². The molecule has 2 aliphatic rings. The summed E-state index contributed by atoms with van der Waals surface area (Å²) >= 11 is 0. The Labute approximate surface area is 195 Å². The van der Waals surface area contributed by atoms with Crippen molar-refractivity contribution in [3.05, 3.63) is 101 Å². The van der Waals surface area contributed by atoms with Crippen molar-refractivity contribution in [2.45, 2.75) is 12.3 Å². The summed E-state index contributed by atoms with van der Waals surface area (Å²) in [7, 11) is 0. The highest BCUT2D eigenvalue weighted by atomic mass is 19.4. The lowest BCUT2D eigenvalue weighted by atomic mass is 9.89. The summed E-state index contributed by atoms with van der Waals surface area (Å²) in [5.74, 6) is 0.283. The van der Waals surface area contributed by atoms with E-state index in [1.165, 1.54) is 12.1 Å². The number of hydrogen-bond donors (Lipinski definition) is 0. The Hall–Kier alpha value is -3.58. The van der Waals surface area contributed by atoms with Crippen LogP contribution in [0.2, 0.25) is 0 Å². The van der Waals surface area contributed by atoms with Crippen molar-refractivity contribution >= 4 is 17.5 Å². The summed E-state index contributed by atoms with van der Waals surface area (Å²) < 4.78 is 50.6. The number of halogens is 3. The van der Waals surface area contributed by atoms with E-state index in [9.17, 15) is 18.0 Å². The Morgan fingerprint density at radius 2 is 1.62 bits per heavy atom. The van der Waals surface area contributed by atoms with E-state index in [0.29, 0.717) is 35.7 Å². The average Bonchev–Trinajstić information content (AvgIpc) is 2.86. The largest absolute Gasteiger partial charge is 0.480 e. The van der Waals surface area contributed by atoms with Crippen LogP contribution in [-0.2, 0) is 10.9 Å². The Balaban J connectivity index is 1.55. The van der Waals surface area contributed by atoms with Gasteiger partial charge < -0.3 is 14.4 Å². The van der Waals surface area contributed by atoms with Gasteiger partial charge in [-0.25, -0.2) is 0 Å². The van der Waals surface area contributed by atoms with Gasteiger partial charge in [0, 0.05) is 24.4 Å². The number of alkyl halides is 3. The molecule has 0 bridgehead atoms. The molecule has 0 aliphatic carbocycles. The third-order valence-electron chi connectivity index (χ3n) is 6.04. The van der Waals surface area contributed by atoms with Gasteiger partial charge in [0.05, 0.1) is 24.3 Å². The van der Waals surface area contributed by atoms with Crippen molar-refractivity contribution in [1.82, 2.24) is 0 Å². The van der Waals surface area contributed by atoms with Gasteiger partial charge in [0.25, 0.3) is 0 Å². The van der Waals surface area contributed by atoms with Crippen LogP contribution in [0.3, 0.4) is 0 Å². The Morgan fingerprint density at radius 1 is 0.912 bits per heavy atom. The molecule has 7 heteroatoms. The molecule has 3 aromatic carbocycles. The molecular formula is C27H22F3NO3. The molecule has 0 amide bonds. The van der Waals surface area contributed by atoms with Gasteiger partial charge in [-0.2, -0.15) is 13.2 Å². The fourth-order valence-corrected chi connectivity index (χ4v) is 4.25. The predicted molar refractivity (Wildman–Crippen MR) is 123 cm³/mol. The van der Waals surface area contributed by atoms with Crippen molar-refractivity contribution in [2.75, 3.05) is 31.2 Å². The number of ketones is 1. The van der Waals surface area contributed by atoms with E-state index < -0.39 is 17.8 Å². The number of Topliss-reactive ketones (excluding diaryl/α,β-unsaturated/α-hetero) is 1. The summed E-state index contributed by atoms with van der Waals surface area (Å²) in [5.41, 5.74) is 2.27. The number of ether oxygens (including phenoxy) is 2. The quantitative estimate of drug-likeness (QED) is 0.449. The monoisotopic (exact) mass is 465 g/mol. The number of carbonyl (C=O) groups is 1. The van der Waals surface area contributed by atoms with Gasteiger partial charge in [0.1, 0.15) is 5.75 Å². The molecule has 0 N–H and O–H groups in total. The van der Waals surface area contributed by atoms with Gasteiger partial charge in [-0.15, -0.1) is 0 Å². The van der Waals surface area contributed by atoms with Gasteiger partial charge >= 0.3 is 6.18 Å². The highest BCUT2D eigenvalue weighted by Crippen LogP contribution is 2.41. The van der Waals surface area contributed by atoms with Crippen LogP contribution >= 0.6 is 0 Å². The summed E-state index contributed by atoms with van der Waals surface area (Å²) in [5, 5.41) is 0. The Kier molecular flexibility index (Phi) is 5.87. The van der Waals surface area contributed by atoms with Gasteiger partial charge in [0.15, 0.2) is 11.9 Å². The van der Waals surface area contributed by atoms with Crippen molar-refractivity contribution in [2.24, 2.45) is 0 Å². The summed E-state index contributed by atoms with van der Waals surface area (Å²) in [6.07, 6.45) is -3.47. The van der Waals surface area contributed by atoms with Crippen LogP contribution in [0.15, 0.2) is 78.4 Å². The number of hydrogen-bond acceptors (Lipinski definition) is 4. The van der Waals surface area contributed by atoms with E-state index in [1.54, 1.807) is 6.08 Å². The second-order valence-electron chi connectivity index (χ2n) is 8.24. The fraction of sp³-hybridized carbons (Fsp3) is 0.222. The molecule has 0 aromatic heterocycles. The zero-order valence-corrected chi connectivity index (χ0v) is 18.2. The molecule has 1 saturated heterocycles. The maximum atomic E-state index is 13.7. The van der Waals surface area contributed by atoms with Gasteiger partial charge in [-0.1, -0.05) is 42.5 Å². The molecule has 3 aromatic rings. The van der Waals surface area contributed by atoms with Crippen LogP contribution in [0.4, 0.5) is 18.9 Å². The molecular weight excluding hydrogens is 443 g/mol. The highest BCUT2D eigenvalue weighted by molar-refractivity contribution is 6.15. The minimum absolute atomic E-state index is 0.204. The number of anilines is 1. The smallest absolute Gasteiger partial charge is 0.416 e. The number of fused-ring (bicyclic) bond motifs is 1. The SMILES string of the molecule is O=C1C(=Cc2ccc(C(F)(F)F)cc2)C(c2ccccc2)Oc2ccc(N3CCOCC3)cc21. The number of carbonyl (C=O) groups excluding carboxylic acids is 1. The molecule has 174 valence electrons. The average molecular weight is 465 g/mol. The van der Waals surface area contributed by atoms with Gasteiger partial charge in [0.2, 0.25) is 0 Å². The topological polar surface area (TPSA) is 38.8 Å². The molecule has 5 rings (SSSR count). The first-order valence-electron chi connectivity index (χ1n) is 11.0. The summed E-state index contributed by atoms with van der Waals surface area (Å²) in [6, 6.07) is 19.7. The molecule has 34 heavy (non-hydrogen) atoms. The molecule has 0 saturated carbocycles. The maximum absolute atomic E-state index is 13.7. The van der Waals surface area contributed by atoms with E-state index in [2.05, 4.69) is 4.90 Å². The maximum Gasteiger partial charge on any atom is 0.416 e. The van der Waals surface area contributed by atoms with Crippen molar-refractivity contribution in [3.63, 3.8) is 0 Å². The van der Waals surface area contributed by atoms with Crippen LogP contribution in [0.1, 0.15) is 33.2 Å². The lowest BCUT2D eigenvalue weighted by Crippen LogP contribution is -2.36. The molecule has 2 heterocycles. The highest BCUT2D eigenvalue weighted by Gasteiger charge is 2.34. The fourth-order valence-electron chi connectivity index (χ4n) is 4.25. The molecule has 1 fully saturated rings. The molecule has 2 aliphatic heterocycles. The number of benzene rings is 3. The number of morpholine rings is 1. The molecule has 1 unspecified atom stereocenters. The zero-order chi connectivity index (χ0) is 23.7. The lowest BCUT2D eigenvalue weighted by molar-refractivity contribution is -0.137. The predicted octanol–water partition coefficient (Wildman–Crippen LogP) is 5.94. The van der Waals surface area contributed by atoms with Crippen molar-refractivity contribution in [1.29, 1.82) is 0 Å². The van der Waals surface area contributed by atoms with E-state index in [4.69, 9.17) is 9.47 Å². The summed E-state index contributed by atoms with van der Waals surface area (Å²) in [6.45, 7) is 2.71. The second kappa shape index (κ2) is 8.99. The minimum atomic E-state index is -4.42. The van der Waals surface area contributed by atoms with Crippen LogP contribution in [0.25, 0.3) is 6.08 Å². The number of rotatable bonds is 3. The van der Waals surface area contributed by atoms with Crippen molar-refractivity contribution in [3.8, 4) is 5.75 Å². The number of nitrogens with zero attached hydrogens (tertiary/aromatic N) is 1. The van der Waals surface area contributed by atoms with Crippen molar-refractivity contribution < 1.29 is 27.4 Å². The normalized spacial score (nSPS) is 19.6. The third-order valence-corrected chi connectivity index (χ3v) is 6.04. The second-order valence-corrected chi connectivity index (χ2v) is 8.24. The van der Waals surface area contributed by atoms with E-state index in [1.807, 2.05) is 48.5 Å². The third kappa shape index (κ3) is 4.43. The Bertz CT molecular complexity index is 1210. The first-order chi connectivity index (χ1) is 16.4. The van der Waals surface area contributed by atoms with Gasteiger partial charge in [-0.3, -0.25) is 4.79 Å². The first-order valence-corrected chi connectivity index (χ1v) is 11.0. The Morgan fingerprint density at radius 3 is 2.29 bits per heavy atom. The van der Waals surface area contributed by atoms with Gasteiger partial charge in [-0.05, 0) is 47.5 Å². The van der Waals surface area contributed by atoms with E-state index in [-0.39, 0.29) is 5.78 Å². The molecule has 0 radical (unpaired) electrons. The van der Waals surface area contributed by atoms with Crippen LogP contribution < -0.4 is 9.64 Å². The molecule has 1 atom stereocenters. The standard InChI is InChI=1S/C27H22F3NO3/c28-27(29,30)20-8-6-18(7-9-20)16-23-25(32)22-17-21(31-12-14-33-15-13-31)10-11-24(22)34-26(23)19-4-2-1-3-5-19/h1-11,16-17,26H,12-15H2. The lowest BCUT2D eigenvalue weighted by Gasteiger charge is -2.32.